The summed E-state index contributed by atoms with van der Waals surface area (Å²) in [6, 6.07) is 110. The molecular weight excluding hydrogens is 1200 g/mol. The Morgan fingerprint density at radius 3 is 0.478 bits per heavy atom. The second-order valence-electron chi connectivity index (χ2n) is 25.3. The quantitative estimate of drug-likeness (QED) is 0.0673. The van der Waals surface area contributed by atoms with Gasteiger partial charge in [0.15, 0.2) is 0 Å². The van der Waals surface area contributed by atoms with Crippen LogP contribution in [0.25, 0.3) is 0 Å². The monoisotopic (exact) mass is 1280 g/mol. The number of phosphoric acid groups is 1. The second kappa shape index (κ2) is 25.5. The van der Waals surface area contributed by atoms with Gasteiger partial charge in [-0.05, 0) is 0 Å². The fraction of sp³-hybridized carbons (Fsp3) is 0.143. The van der Waals surface area contributed by atoms with E-state index in [0.717, 1.165) is 115 Å². The van der Waals surface area contributed by atoms with Gasteiger partial charge in [-0.3, -0.25) is 0 Å². The fourth-order valence-corrected chi connectivity index (χ4v) is 43.7. The molecule has 0 N–H and O–H groups in total. The molecule has 0 aliphatic heterocycles. The van der Waals surface area contributed by atoms with E-state index in [-0.39, 0.29) is 18.5 Å². The van der Waals surface area contributed by atoms with Crippen molar-refractivity contribution in [1.82, 2.24) is 0 Å². The summed E-state index contributed by atoms with van der Waals surface area (Å²) in [5, 5.41) is 8.34. The third kappa shape index (κ3) is 10.5. The zero-order chi connectivity index (χ0) is 64.3. The summed E-state index contributed by atoms with van der Waals surface area (Å²) in [5.74, 6) is 0. The van der Waals surface area contributed by atoms with Crippen molar-refractivity contribution in [3.63, 3.8) is 0 Å². The molecule has 0 unspecified atom stereocenters. The minimum absolute atomic E-state index is 0.283. The average molecular weight is 1280 g/mol. The van der Waals surface area contributed by atoms with Gasteiger partial charge in [0.05, 0.1) is 0 Å². The first kappa shape index (κ1) is 64.2. The SMILES string of the molecule is Cc1ccccc1P(Cc1ccccc1)(OP(=O)(OP(Cc1ccccc1)(c1ccccc1C)(c1ccccc1C)c1ccccc1C)OP(Cc1ccccc1)(c1ccccc1C)(c1ccccc1C)c1ccccc1C)(c1ccccc1C)c1ccccc1C. The summed E-state index contributed by atoms with van der Waals surface area (Å²) in [7, 11) is -5.68. The molecule has 0 bridgehead atoms. The zero-order valence-corrected chi connectivity index (χ0v) is 58.1. The molecule has 0 atom stereocenters. The molecule has 92 heavy (non-hydrogen) atoms. The van der Waals surface area contributed by atoms with E-state index in [1.165, 1.54) is 0 Å². The van der Waals surface area contributed by atoms with Crippen LogP contribution in [0.5, 0.6) is 0 Å². The van der Waals surface area contributed by atoms with Gasteiger partial charge < -0.3 is 0 Å². The normalized spacial score (nSPS) is 13.9. The summed E-state index contributed by atoms with van der Waals surface area (Å²) in [4.78, 5) is 0. The summed E-state index contributed by atoms with van der Waals surface area (Å²) < 4.78 is 49.8. The van der Waals surface area contributed by atoms with Gasteiger partial charge in [-0.15, -0.1) is 0 Å². The van der Waals surface area contributed by atoms with Gasteiger partial charge in [-0.2, -0.15) is 0 Å². The third-order valence-electron chi connectivity index (χ3n) is 19.4. The number of hydrogen-bond donors (Lipinski definition) is 0. The molecule has 0 heterocycles. The zero-order valence-electron chi connectivity index (χ0n) is 54.5. The van der Waals surface area contributed by atoms with E-state index in [2.05, 4.69) is 372 Å². The van der Waals surface area contributed by atoms with Crippen LogP contribution in [0.3, 0.4) is 0 Å². The fourth-order valence-electron chi connectivity index (χ4n) is 15.8. The van der Waals surface area contributed by atoms with Crippen molar-refractivity contribution >= 4 is 76.1 Å². The van der Waals surface area contributed by atoms with Gasteiger partial charge in [0.2, 0.25) is 0 Å². The Hall–Kier alpha value is -7.96. The van der Waals surface area contributed by atoms with Crippen LogP contribution in [0.15, 0.2) is 309 Å². The molecule has 0 spiro atoms. The molecule has 0 aliphatic carbocycles. The van der Waals surface area contributed by atoms with E-state index in [4.69, 9.17) is 0 Å². The van der Waals surface area contributed by atoms with Gasteiger partial charge >= 0.3 is 550 Å². The Morgan fingerprint density at radius 2 is 0.337 bits per heavy atom. The van der Waals surface area contributed by atoms with E-state index < -0.39 is 28.3 Å². The van der Waals surface area contributed by atoms with E-state index >= 15 is 4.57 Å². The van der Waals surface area contributed by atoms with Crippen LogP contribution in [0.1, 0.15) is 66.8 Å². The van der Waals surface area contributed by atoms with E-state index in [1.54, 1.807) is 0 Å². The Labute approximate surface area is 547 Å². The first-order valence-electron chi connectivity index (χ1n) is 32.0. The van der Waals surface area contributed by atoms with Crippen LogP contribution in [-0.2, 0) is 36.0 Å². The van der Waals surface area contributed by atoms with Crippen LogP contribution >= 0.6 is 28.3 Å². The van der Waals surface area contributed by atoms with Crippen molar-refractivity contribution in [2.75, 3.05) is 0 Å². The maximum absolute atomic E-state index is 21.2. The first-order chi connectivity index (χ1) is 44.5. The predicted molar refractivity (Wildman–Crippen MR) is 399 cm³/mol. The van der Waals surface area contributed by atoms with Crippen LogP contribution in [0.4, 0.5) is 0 Å². The molecule has 12 aromatic carbocycles. The molecule has 0 aliphatic rings. The Morgan fingerprint density at radius 1 is 0.207 bits per heavy atom. The van der Waals surface area contributed by atoms with Crippen molar-refractivity contribution in [3.05, 3.63) is 376 Å². The van der Waals surface area contributed by atoms with Gasteiger partial charge in [0.1, 0.15) is 0 Å². The molecule has 12 rings (SSSR count). The number of benzene rings is 12. The average Bonchev–Trinajstić information content (AvgIpc) is 0.663. The third-order valence-corrected chi connectivity index (χ3v) is 42.8. The maximum atomic E-state index is 21.2. The molecule has 0 saturated carbocycles. The molecule has 0 saturated heterocycles. The van der Waals surface area contributed by atoms with Crippen molar-refractivity contribution in [2.45, 2.75) is 80.8 Å². The summed E-state index contributed by atoms with van der Waals surface area (Å²) >= 11 is 0. The van der Waals surface area contributed by atoms with Crippen LogP contribution in [-0.4, -0.2) is 0 Å². The van der Waals surface area contributed by atoms with E-state index in [0.29, 0.717) is 0 Å². The van der Waals surface area contributed by atoms with E-state index in [9.17, 15) is 12.9 Å². The van der Waals surface area contributed by atoms with Crippen molar-refractivity contribution in [2.24, 2.45) is 0 Å². The Bertz CT molecular complexity index is 3890. The van der Waals surface area contributed by atoms with Crippen molar-refractivity contribution in [1.29, 1.82) is 0 Å². The molecule has 4 nitrogen and oxygen atoms in total. The Kier molecular flexibility index (Phi) is 17.8. The molecule has 0 fully saturated rings. The standard InChI is InChI=1S/C84H84O4P4/c1-64-37-19-28-52-76(64)90(61-73-46-13-10-14-47-73,77-53-29-20-38-65(77)2,78-54-30-21-39-66(78)3)86-89(85,87-91(62-74-48-15-11-16-49-74,79-55-31-22-40-67(79)4,80-56-32-23-41-68(80)5)81-57-33-24-42-69(81)6)88-92(63-75-50-17-12-18-51-75,82-58-34-25-43-70(82)7,83-59-35-26-44-71(83)8)84-60-36-27-45-72(84)9/h10-60H,61-63H2,1-9H3. The van der Waals surface area contributed by atoms with Crippen molar-refractivity contribution < 1.29 is 17.5 Å². The topological polar surface area (TPSA) is 44.8 Å². The molecule has 12 aromatic rings. The van der Waals surface area contributed by atoms with E-state index in [1.807, 2.05) is 0 Å². The summed E-state index contributed by atoms with van der Waals surface area (Å²) in [6.45, 7) is 4.22. The van der Waals surface area contributed by atoms with Crippen LogP contribution in [0.2, 0.25) is 0 Å². The first-order valence-corrected chi connectivity index (χ1v) is 40.5. The number of hydrogen-bond acceptors (Lipinski definition) is 4. The second-order valence-corrected chi connectivity index (χ2v) is 40.8. The van der Waals surface area contributed by atoms with Crippen molar-refractivity contribution in [3.8, 4) is 0 Å². The van der Waals surface area contributed by atoms with Gasteiger partial charge in [0.25, 0.3) is 0 Å². The summed E-state index contributed by atoms with van der Waals surface area (Å²) in [5.41, 5.74) is 11.9. The Balaban J connectivity index is 1.44. The molecule has 464 valence electrons. The number of rotatable bonds is 21. The van der Waals surface area contributed by atoms with Crippen LogP contribution in [0, 0.1) is 62.3 Å². The molecule has 0 aromatic heterocycles. The van der Waals surface area contributed by atoms with Gasteiger partial charge in [0, 0.05) is 0 Å². The van der Waals surface area contributed by atoms with Gasteiger partial charge in [-0.25, -0.2) is 0 Å². The molecule has 0 radical (unpaired) electrons. The minimum atomic E-state index is -5.68. The molecular formula is C84H84O4P4. The molecule has 0 amide bonds. The van der Waals surface area contributed by atoms with Gasteiger partial charge in [-0.1, -0.05) is 0 Å². The number of aryl methyl sites for hydroxylation is 9. The summed E-state index contributed by atoms with van der Waals surface area (Å²) in [6.07, 6.45) is 0.849. The molecule has 8 heteroatoms. The predicted octanol–water partition coefficient (Wildman–Crippen LogP) is 18.9. The van der Waals surface area contributed by atoms with Crippen LogP contribution < -0.4 is 47.7 Å².